The van der Waals surface area contributed by atoms with Crippen molar-refractivity contribution in [2.45, 2.75) is 45.1 Å². The number of amides is 1. The van der Waals surface area contributed by atoms with Crippen molar-refractivity contribution in [1.82, 2.24) is 5.32 Å². The Labute approximate surface area is 130 Å². The fourth-order valence-electron chi connectivity index (χ4n) is 2.73. The van der Waals surface area contributed by atoms with Crippen molar-refractivity contribution >= 4 is 11.6 Å². The van der Waals surface area contributed by atoms with Crippen molar-refractivity contribution in [2.24, 2.45) is 0 Å². The van der Waals surface area contributed by atoms with E-state index in [0.717, 1.165) is 38.2 Å². The van der Waals surface area contributed by atoms with Crippen molar-refractivity contribution < 1.29 is 13.9 Å². The van der Waals surface area contributed by atoms with Gasteiger partial charge in [-0.2, -0.15) is 0 Å². The van der Waals surface area contributed by atoms with Crippen LogP contribution in [0.1, 0.15) is 49.4 Å². The van der Waals surface area contributed by atoms with Crippen molar-refractivity contribution in [3.8, 4) is 5.75 Å². The van der Waals surface area contributed by atoms with Gasteiger partial charge in [0.05, 0.1) is 18.4 Å². The summed E-state index contributed by atoms with van der Waals surface area (Å²) in [6.07, 6.45) is 7.01. The highest BCUT2D eigenvalue weighted by atomic mass is 19.1. The number of ether oxygens (including phenoxy) is 1. The number of nitrogen functional groups attached to an aromatic ring is 1. The summed E-state index contributed by atoms with van der Waals surface area (Å²) in [5.74, 6) is -0.734. The number of halogens is 1. The predicted molar refractivity (Wildman–Crippen MR) is 85.5 cm³/mol. The number of carbonyl (C=O) groups is 1. The quantitative estimate of drug-likeness (QED) is 0.664. The third-order valence-corrected chi connectivity index (χ3v) is 4.03. The van der Waals surface area contributed by atoms with Crippen molar-refractivity contribution in [3.05, 3.63) is 35.2 Å². The van der Waals surface area contributed by atoms with E-state index in [1.165, 1.54) is 18.7 Å². The number of nitrogens with one attached hydrogen (secondary N) is 1. The zero-order valence-corrected chi connectivity index (χ0v) is 13.1. The zero-order valence-electron chi connectivity index (χ0n) is 13.1. The third kappa shape index (κ3) is 4.00. The highest BCUT2D eigenvalue weighted by Crippen LogP contribution is 2.25. The second kappa shape index (κ2) is 7.29. The molecule has 1 aromatic rings. The molecule has 0 saturated carbocycles. The fraction of sp³-hybridized carbons (Fsp3) is 0.471. The van der Waals surface area contributed by atoms with Gasteiger partial charge < -0.3 is 15.8 Å². The monoisotopic (exact) mass is 306 g/mol. The maximum Gasteiger partial charge on any atom is 0.254 e. The van der Waals surface area contributed by atoms with Crippen molar-refractivity contribution in [2.75, 3.05) is 12.8 Å². The van der Waals surface area contributed by atoms with Gasteiger partial charge in [0.15, 0.2) is 0 Å². The minimum absolute atomic E-state index is 0.0279. The van der Waals surface area contributed by atoms with Gasteiger partial charge >= 0.3 is 0 Å². The summed E-state index contributed by atoms with van der Waals surface area (Å²) in [6, 6.07) is 2.55. The average molecular weight is 306 g/mol. The van der Waals surface area contributed by atoms with Crippen LogP contribution in [0.15, 0.2) is 23.8 Å². The number of methoxy groups -OCH3 is 1. The normalized spacial score (nSPS) is 18.9. The van der Waals surface area contributed by atoms with Gasteiger partial charge in [0.2, 0.25) is 0 Å². The van der Waals surface area contributed by atoms with Gasteiger partial charge in [0.1, 0.15) is 11.6 Å². The summed E-state index contributed by atoms with van der Waals surface area (Å²) in [4.78, 5) is 12.3. The molecule has 0 heterocycles. The maximum atomic E-state index is 14.0. The van der Waals surface area contributed by atoms with Gasteiger partial charge in [-0.05, 0) is 45.1 Å². The van der Waals surface area contributed by atoms with Crippen LogP contribution in [0, 0.1) is 5.82 Å². The summed E-state index contributed by atoms with van der Waals surface area (Å²) < 4.78 is 19.0. The number of benzene rings is 1. The Kier molecular flexibility index (Phi) is 5.41. The molecule has 0 bridgehead atoms. The molecule has 1 aliphatic rings. The van der Waals surface area contributed by atoms with E-state index in [-0.39, 0.29) is 17.3 Å². The Morgan fingerprint density at radius 1 is 1.41 bits per heavy atom. The molecule has 5 heteroatoms. The summed E-state index contributed by atoms with van der Waals surface area (Å²) in [5.41, 5.74) is 7.19. The van der Waals surface area contributed by atoms with Crippen LogP contribution in [-0.2, 0) is 0 Å². The molecule has 1 atom stereocenters. The van der Waals surface area contributed by atoms with Gasteiger partial charge in [-0.25, -0.2) is 4.39 Å². The molecular weight excluding hydrogens is 283 g/mol. The lowest BCUT2D eigenvalue weighted by molar-refractivity contribution is 0.0928. The molecule has 2 rings (SSSR count). The second-order valence-corrected chi connectivity index (χ2v) is 5.76. The largest absolute Gasteiger partial charge is 0.495 e. The van der Waals surface area contributed by atoms with Crippen LogP contribution in [0.5, 0.6) is 5.75 Å². The van der Waals surface area contributed by atoms with E-state index < -0.39 is 11.7 Å². The third-order valence-electron chi connectivity index (χ3n) is 4.03. The SMILES string of the molecule is COc1cc(C(=O)NC2CCC=C(C)CCC2)c(F)cc1N. The Morgan fingerprint density at radius 3 is 2.91 bits per heavy atom. The lowest BCUT2D eigenvalue weighted by Gasteiger charge is -2.21. The first-order chi connectivity index (χ1) is 10.5. The molecule has 0 aromatic heterocycles. The second-order valence-electron chi connectivity index (χ2n) is 5.76. The number of rotatable bonds is 3. The molecule has 120 valence electrons. The fourth-order valence-corrected chi connectivity index (χ4v) is 2.73. The molecule has 1 aliphatic carbocycles. The summed E-state index contributed by atoms with van der Waals surface area (Å²) in [6.45, 7) is 2.13. The number of allylic oxidation sites excluding steroid dienone is 2. The Bertz CT molecular complexity index is 584. The Hall–Kier alpha value is -2.04. The van der Waals surface area contributed by atoms with E-state index in [4.69, 9.17) is 10.5 Å². The van der Waals surface area contributed by atoms with Crippen molar-refractivity contribution in [3.63, 3.8) is 0 Å². The summed E-state index contributed by atoms with van der Waals surface area (Å²) in [7, 11) is 1.44. The van der Waals surface area contributed by atoms with Crippen LogP contribution in [0.3, 0.4) is 0 Å². The first-order valence-corrected chi connectivity index (χ1v) is 7.60. The topological polar surface area (TPSA) is 64.3 Å². The molecule has 1 aromatic carbocycles. The van der Waals surface area contributed by atoms with Crippen LogP contribution in [0.4, 0.5) is 10.1 Å². The summed E-state index contributed by atoms with van der Waals surface area (Å²) >= 11 is 0. The standard InChI is InChI=1S/C17H23FN2O2/c1-11-5-3-7-12(8-4-6-11)20-17(21)13-9-16(22-2)15(19)10-14(13)18/h5,9-10,12H,3-4,6-8,19H2,1-2H3,(H,20,21). The van der Waals surface area contributed by atoms with Crippen LogP contribution in [-0.4, -0.2) is 19.1 Å². The zero-order chi connectivity index (χ0) is 16.1. The van der Waals surface area contributed by atoms with E-state index in [9.17, 15) is 9.18 Å². The molecule has 0 saturated heterocycles. The average Bonchev–Trinajstić information content (AvgIpc) is 2.44. The smallest absolute Gasteiger partial charge is 0.254 e. The minimum Gasteiger partial charge on any atom is -0.495 e. The number of hydrogen-bond acceptors (Lipinski definition) is 3. The lowest BCUT2D eigenvalue weighted by Crippen LogP contribution is -2.35. The summed E-state index contributed by atoms with van der Waals surface area (Å²) in [5, 5.41) is 2.92. The van der Waals surface area contributed by atoms with Crippen molar-refractivity contribution in [1.29, 1.82) is 0 Å². The molecule has 1 amide bonds. The van der Waals surface area contributed by atoms with Gasteiger partial charge in [-0.3, -0.25) is 4.79 Å². The van der Waals surface area contributed by atoms with E-state index >= 15 is 0 Å². The Morgan fingerprint density at radius 2 is 2.18 bits per heavy atom. The number of carbonyl (C=O) groups excluding carboxylic acids is 1. The van der Waals surface area contributed by atoms with Gasteiger partial charge in [0.25, 0.3) is 5.91 Å². The van der Waals surface area contributed by atoms with Gasteiger partial charge in [-0.15, -0.1) is 0 Å². The molecule has 0 spiro atoms. The van der Waals surface area contributed by atoms with Crippen LogP contribution in [0.2, 0.25) is 0 Å². The maximum absolute atomic E-state index is 14.0. The van der Waals surface area contributed by atoms with Gasteiger partial charge in [0, 0.05) is 12.1 Å². The first kappa shape index (κ1) is 16.3. The molecule has 0 radical (unpaired) electrons. The van der Waals surface area contributed by atoms with Crippen LogP contribution < -0.4 is 15.8 Å². The van der Waals surface area contributed by atoms with E-state index in [1.54, 1.807) is 0 Å². The lowest BCUT2D eigenvalue weighted by atomic mass is 9.97. The molecule has 4 nitrogen and oxygen atoms in total. The number of nitrogens with two attached hydrogens (primary N) is 1. The van der Waals surface area contributed by atoms with E-state index in [2.05, 4.69) is 18.3 Å². The molecule has 3 N–H and O–H groups in total. The van der Waals surface area contributed by atoms with Crippen LogP contribution in [0.25, 0.3) is 0 Å². The first-order valence-electron chi connectivity index (χ1n) is 7.60. The highest BCUT2D eigenvalue weighted by molar-refractivity contribution is 5.95. The molecule has 0 aliphatic heterocycles. The molecule has 1 unspecified atom stereocenters. The molecule has 0 fully saturated rings. The van der Waals surface area contributed by atoms with E-state index in [1.807, 2.05) is 0 Å². The molecule has 22 heavy (non-hydrogen) atoms. The number of anilines is 1. The molecular formula is C17H23FN2O2. The van der Waals surface area contributed by atoms with Crippen LogP contribution >= 0.6 is 0 Å². The minimum atomic E-state index is -0.627. The number of hydrogen-bond donors (Lipinski definition) is 2. The van der Waals surface area contributed by atoms with Gasteiger partial charge in [-0.1, -0.05) is 11.6 Å². The Balaban J connectivity index is 2.09. The predicted octanol–water partition coefficient (Wildman–Crippen LogP) is 3.43. The van der Waals surface area contributed by atoms with E-state index in [0.29, 0.717) is 5.75 Å². The highest BCUT2D eigenvalue weighted by Gasteiger charge is 2.19.